The lowest BCUT2D eigenvalue weighted by Crippen LogP contribution is -2.36. The molecule has 3 rings (SSSR count). The van der Waals surface area contributed by atoms with E-state index in [0.717, 1.165) is 58.2 Å². The maximum Gasteiger partial charge on any atom is 0.191 e. The molecule has 0 aliphatic heterocycles. The average molecular weight is 561 g/mol. The van der Waals surface area contributed by atoms with Gasteiger partial charge in [-0.1, -0.05) is 19.0 Å². The zero-order valence-electron chi connectivity index (χ0n) is 16.3. The predicted octanol–water partition coefficient (Wildman–Crippen LogP) is 4.08. The van der Waals surface area contributed by atoms with E-state index >= 15 is 0 Å². The number of imidazole rings is 1. The Kier molecular flexibility index (Phi) is 8.74. The van der Waals surface area contributed by atoms with Crippen molar-refractivity contribution in [3.63, 3.8) is 0 Å². The quantitative estimate of drug-likeness (QED) is 0.258. The maximum atomic E-state index is 5.42. The Morgan fingerprint density at radius 1 is 1.18 bits per heavy atom. The van der Waals surface area contributed by atoms with Crippen molar-refractivity contribution in [2.75, 3.05) is 6.54 Å². The summed E-state index contributed by atoms with van der Waals surface area (Å²) >= 11 is 3.48. The van der Waals surface area contributed by atoms with Gasteiger partial charge in [-0.2, -0.15) is 0 Å². The minimum Gasteiger partial charge on any atom is -0.361 e. The molecule has 152 valence electrons. The number of nitrogens with zero attached hydrogens (tertiary/aromatic N) is 4. The molecule has 28 heavy (non-hydrogen) atoms. The van der Waals surface area contributed by atoms with Gasteiger partial charge >= 0.3 is 0 Å². The summed E-state index contributed by atoms with van der Waals surface area (Å²) in [7, 11) is 0. The van der Waals surface area contributed by atoms with Crippen LogP contribution in [0.15, 0.2) is 38.5 Å². The van der Waals surface area contributed by atoms with Crippen LogP contribution in [-0.4, -0.2) is 27.0 Å². The van der Waals surface area contributed by atoms with E-state index in [1.807, 2.05) is 35.9 Å². The lowest BCUT2D eigenvalue weighted by Gasteiger charge is -2.10. The van der Waals surface area contributed by atoms with Crippen LogP contribution < -0.4 is 10.6 Å². The van der Waals surface area contributed by atoms with Crippen LogP contribution in [0.5, 0.6) is 0 Å². The molecule has 0 unspecified atom stereocenters. The smallest absolute Gasteiger partial charge is 0.191 e. The number of hydrogen-bond acceptors (Lipinski definition) is 4. The maximum absolute atomic E-state index is 5.42. The van der Waals surface area contributed by atoms with Gasteiger partial charge in [0.25, 0.3) is 0 Å². The van der Waals surface area contributed by atoms with Crippen molar-refractivity contribution in [1.82, 2.24) is 25.2 Å². The third-order valence-electron chi connectivity index (χ3n) is 4.25. The number of aryl methyl sites for hydroxylation is 2. The number of pyridine rings is 1. The Bertz CT molecular complexity index is 914. The van der Waals surface area contributed by atoms with Crippen LogP contribution in [0.25, 0.3) is 5.65 Å². The van der Waals surface area contributed by atoms with E-state index in [1.54, 1.807) is 0 Å². The van der Waals surface area contributed by atoms with E-state index in [9.17, 15) is 0 Å². The van der Waals surface area contributed by atoms with Gasteiger partial charge in [0.2, 0.25) is 0 Å². The number of rotatable bonds is 7. The SMILES string of the molecule is CCNC(=NCc1c(CC)noc1CC)NCc1cn2cc(Br)ccc2n1.I. The molecule has 0 bridgehead atoms. The van der Waals surface area contributed by atoms with E-state index < -0.39 is 0 Å². The normalized spacial score (nSPS) is 11.5. The predicted molar refractivity (Wildman–Crippen MR) is 125 cm³/mol. The molecule has 0 spiro atoms. The van der Waals surface area contributed by atoms with Crippen LogP contribution in [0.3, 0.4) is 0 Å². The van der Waals surface area contributed by atoms with Gasteiger partial charge in [-0.05, 0) is 41.4 Å². The highest BCUT2D eigenvalue weighted by molar-refractivity contribution is 14.0. The minimum absolute atomic E-state index is 0. The molecule has 0 aliphatic carbocycles. The molecule has 0 fully saturated rings. The summed E-state index contributed by atoms with van der Waals surface area (Å²) in [4.78, 5) is 9.33. The molecular weight excluding hydrogens is 535 g/mol. The van der Waals surface area contributed by atoms with Gasteiger partial charge in [0.1, 0.15) is 11.4 Å². The van der Waals surface area contributed by atoms with Crippen molar-refractivity contribution in [2.45, 2.75) is 46.7 Å². The fourth-order valence-corrected chi connectivity index (χ4v) is 3.25. The second-order valence-corrected chi connectivity index (χ2v) is 7.05. The van der Waals surface area contributed by atoms with Gasteiger partial charge < -0.3 is 19.6 Å². The van der Waals surface area contributed by atoms with Gasteiger partial charge in [0.05, 0.1) is 24.5 Å². The summed E-state index contributed by atoms with van der Waals surface area (Å²) in [5, 5.41) is 10.8. The summed E-state index contributed by atoms with van der Waals surface area (Å²) in [6, 6.07) is 3.97. The summed E-state index contributed by atoms with van der Waals surface area (Å²) in [6.45, 7) is 8.12. The first-order valence-electron chi connectivity index (χ1n) is 9.26. The molecule has 3 heterocycles. The largest absolute Gasteiger partial charge is 0.361 e. The monoisotopic (exact) mass is 560 g/mol. The van der Waals surface area contributed by atoms with Crippen molar-refractivity contribution >= 4 is 51.5 Å². The van der Waals surface area contributed by atoms with Crippen LogP contribution >= 0.6 is 39.9 Å². The van der Waals surface area contributed by atoms with Crippen LogP contribution in [0.1, 0.15) is 43.5 Å². The highest BCUT2D eigenvalue weighted by Crippen LogP contribution is 2.17. The topological polar surface area (TPSA) is 79.8 Å². The summed E-state index contributed by atoms with van der Waals surface area (Å²) < 4.78 is 8.45. The lowest BCUT2D eigenvalue weighted by molar-refractivity contribution is 0.380. The molecule has 0 saturated carbocycles. The standard InChI is InChI=1S/C19H25BrN6O.HI/c1-4-16-15(17(5-2)27-25-16)10-23-19(21-6-3)22-9-14-12-26-11-13(20)7-8-18(26)24-14;/h7-8,11-12H,4-6,9-10H2,1-3H3,(H2,21,22,23);1H. The molecule has 3 aromatic rings. The molecule has 3 aromatic heterocycles. The average Bonchev–Trinajstić information content (AvgIpc) is 3.26. The van der Waals surface area contributed by atoms with Crippen LogP contribution in [0.4, 0.5) is 0 Å². The highest BCUT2D eigenvalue weighted by Gasteiger charge is 2.13. The zero-order chi connectivity index (χ0) is 19.2. The molecule has 9 heteroatoms. The first-order chi connectivity index (χ1) is 13.1. The molecule has 0 amide bonds. The first kappa shape index (κ1) is 22.7. The number of aromatic nitrogens is 3. The number of nitrogens with one attached hydrogen (secondary N) is 2. The number of guanidine groups is 1. The third kappa shape index (κ3) is 5.47. The molecular formula is C19H26BrIN6O. The van der Waals surface area contributed by atoms with E-state index in [0.29, 0.717) is 13.1 Å². The minimum atomic E-state index is 0. The number of fused-ring (bicyclic) bond motifs is 1. The molecule has 7 nitrogen and oxygen atoms in total. The molecule has 0 aromatic carbocycles. The Morgan fingerprint density at radius 2 is 2.00 bits per heavy atom. The van der Waals surface area contributed by atoms with E-state index in [2.05, 4.69) is 50.6 Å². The molecule has 0 saturated heterocycles. The van der Waals surface area contributed by atoms with Gasteiger partial charge in [-0.25, -0.2) is 9.98 Å². The van der Waals surface area contributed by atoms with Gasteiger partial charge in [0.15, 0.2) is 5.96 Å². The number of aliphatic imine (C=N–C) groups is 1. The third-order valence-corrected chi connectivity index (χ3v) is 4.72. The zero-order valence-corrected chi connectivity index (χ0v) is 20.2. The summed E-state index contributed by atoms with van der Waals surface area (Å²) in [6.07, 6.45) is 5.67. The molecule has 0 radical (unpaired) electrons. The van der Waals surface area contributed by atoms with Gasteiger partial charge in [0, 0.05) is 35.4 Å². The summed E-state index contributed by atoms with van der Waals surface area (Å²) in [5.74, 6) is 1.67. The number of hydrogen-bond donors (Lipinski definition) is 2. The van der Waals surface area contributed by atoms with Gasteiger partial charge in [-0.3, -0.25) is 0 Å². The van der Waals surface area contributed by atoms with Crippen LogP contribution in [-0.2, 0) is 25.9 Å². The van der Waals surface area contributed by atoms with E-state index in [1.165, 1.54) is 0 Å². The first-order valence-corrected chi connectivity index (χ1v) is 10.1. The second kappa shape index (κ2) is 10.8. The molecule has 0 atom stereocenters. The van der Waals surface area contributed by atoms with Crippen LogP contribution in [0.2, 0.25) is 0 Å². The van der Waals surface area contributed by atoms with Crippen molar-refractivity contribution in [3.05, 3.63) is 51.7 Å². The highest BCUT2D eigenvalue weighted by atomic mass is 127. The Morgan fingerprint density at radius 3 is 2.71 bits per heavy atom. The van der Waals surface area contributed by atoms with Crippen molar-refractivity contribution in [2.24, 2.45) is 4.99 Å². The van der Waals surface area contributed by atoms with Crippen molar-refractivity contribution in [1.29, 1.82) is 0 Å². The summed E-state index contributed by atoms with van der Waals surface area (Å²) in [5.41, 5.74) is 3.95. The number of halogens is 2. The Hall–Kier alpha value is -1.62. The second-order valence-electron chi connectivity index (χ2n) is 6.13. The van der Waals surface area contributed by atoms with Gasteiger partial charge in [-0.15, -0.1) is 24.0 Å². The Labute approximate surface area is 190 Å². The van der Waals surface area contributed by atoms with E-state index in [4.69, 9.17) is 9.52 Å². The molecule has 0 aliphatic rings. The fourth-order valence-electron chi connectivity index (χ4n) is 2.89. The van der Waals surface area contributed by atoms with Crippen molar-refractivity contribution in [3.8, 4) is 0 Å². The van der Waals surface area contributed by atoms with E-state index in [-0.39, 0.29) is 24.0 Å². The molecule has 2 N–H and O–H groups in total. The fraction of sp³-hybridized carbons (Fsp3) is 0.421. The van der Waals surface area contributed by atoms with Crippen LogP contribution in [0, 0.1) is 0 Å². The lowest BCUT2D eigenvalue weighted by atomic mass is 10.1. The van der Waals surface area contributed by atoms with Crippen molar-refractivity contribution < 1.29 is 4.52 Å². The Balaban J connectivity index is 0.00000280.